The fraction of sp³-hybridized carbons (Fsp3) is 0.577. The van der Waals surface area contributed by atoms with Crippen LogP contribution in [0.4, 0.5) is 0 Å². The van der Waals surface area contributed by atoms with Gasteiger partial charge < -0.3 is 9.64 Å². The Morgan fingerprint density at radius 2 is 1.90 bits per heavy atom. The summed E-state index contributed by atoms with van der Waals surface area (Å²) in [4.78, 5) is 33.1. The molecule has 0 unspecified atom stereocenters. The average Bonchev–Trinajstić information content (AvgIpc) is 2.98. The number of amides is 1. The summed E-state index contributed by atoms with van der Waals surface area (Å²) in [7, 11) is 0. The number of benzene rings is 1. The highest BCUT2D eigenvalue weighted by atomic mass is 16.5. The fourth-order valence-corrected chi connectivity index (χ4v) is 6.64. The lowest BCUT2D eigenvalue weighted by Gasteiger charge is -2.39. The van der Waals surface area contributed by atoms with E-state index < -0.39 is 0 Å². The van der Waals surface area contributed by atoms with E-state index in [4.69, 9.17) is 9.72 Å². The number of ether oxygens (including phenoxy) is 1. The number of likely N-dealkylation sites (tertiary alicyclic amines) is 1. The number of para-hydroxylation sites is 1. The van der Waals surface area contributed by atoms with Gasteiger partial charge in [-0.2, -0.15) is 0 Å². The molecule has 3 aliphatic rings. The van der Waals surface area contributed by atoms with Gasteiger partial charge in [0.15, 0.2) is 6.61 Å². The van der Waals surface area contributed by atoms with Crippen LogP contribution >= 0.6 is 0 Å². The predicted molar refractivity (Wildman–Crippen MR) is 120 cm³/mol. The van der Waals surface area contributed by atoms with Crippen molar-refractivity contribution < 1.29 is 14.3 Å². The molecule has 1 saturated carbocycles. The van der Waals surface area contributed by atoms with Crippen LogP contribution < -0.4 is 0 Å². The minimum absolute atomic E-state index is 0.0630. The minimum Gasteiger partial charge on any atom is -0.452 e. The maximum absolute atomic E-state index is 13.2. The molecule has 1 amide bonds. The Morgan fingerprint density at radius 1 is 1.13 bits per heavy atom. The lowest BCUT2D eigenvalue weighted by atomic mass is 9.65. The lowest BCUT2D eigenvalue weighted by Crippen LogP contribution is -2.40. The summed E-state index contributed by atoms with van der Waals surface area (Å²) in [6.45, 7) is 7.46. The zero-order chi connectivity index (χ0) is 21.8. The van der Waals surface area contributed by atoms with E-state index in [1.165, 1.54) is 0 Å². The highest BCUT2D eigenvalue weighted by Crippen LogP contribution is 2.52. The Bertz CT molecular complexity index is 1060. The van der Waals surface area contributed by atoms with Gasteiger partial charge in [0, 0.05) is 23.7 Å². The van der Waals surface area contributed by atoms with Crippen molar-refractivity contribution in [1.82, 2.24) is 9.88 Å². The van der Waals surface area contributed by atoms with Crippen LogP contribution in [0, 0.1) is 10.8 Å². The molecular weight excluding hydrogens is 388 g/mol. The first-order valence-electron chi connectivity index (χ1n) is 11.6. The summed E-state index contributed by atoms with van der Waals surface area (Å²) >= 11 is 0. The highest BCUT2D eigenvalue weighted by molar-refractivity contribution is 6.05. The molecule has 5 rings (SSSR count). The van der Waals surface area contributed by atoms with E-state index in [9.17, 15) is 9.59 Å². The van der Waals surface area contributed by atoms with Crippen molar-refractivity contribution in [2.45, 2.75) is 71.8 Å². The standard InChI is InChI=1S/C26H32N2O3/c1-25(2)12-17-13-26(3,15-25)16-28(17)22(29)14-31-24(30)23-18-8-4-6-10-20(18)27-21-11-7-5-9-19(21)23/h4,6,8,10,17H,5,7,9,11-16H2,1-3H3/t17-,26-/m1/s1. The second-order valence-corrected chi connectivity index (χ2v) is 10.9. The zero-order valence-electron chi connectivity index (χ0n) is 18.9. The van der Waals surface area contributed by atoms with Gasteiger partial charge in [-0.15, -0.1) is 0 Å². The van der Waals surface area contributed by atoms with Crippen molar-refractivity contribution >= 4 is 22.8 Å². The van der Waals surface area contributed by atoms with Crippen molar-refractivity contribution in [2.24, 2.45) is 10.8 Å². The summed E-state index contributed by atoms with van der Waals surface area (Å²) in [6.07, 6.45) is 7.09. The molecule has 31 heavy (non-hydrogen) atoms. The Balaban J connectivity index is 1.36. The van der Waals surface area contributed by atoms with Gasteiger partial charge in [0.1, 0.15) is 0 Å². The van der Waals surface area contributed by atoms with Crippen LogP contribution in [0.1, 0.15) is 74.5 Å². The first-order valence-corrected chi connectivity index (χ1v) is 11.6. The summed E-state index contributed by atoms with van der Waals surface area (Å²) in [5.74, 6) is -0.453. The quantitative estimate of drug-likeness (QED) is 0.676. The lowest BCUT2D eigenvalue weighted by molar-refractivity contribution is -0.135. The van der Waals surface area contributed by atoms with Crippen LogP contribution in [0.3, 0.4) is 0 Å². The number of aryl methyl sites for hydroxylation is 1. The Hall–Kier alpha value is -2.43. The molecule has 0 radical (unpaired) electrons. The van der Waals surface area contributed by atoms with Crippen molar-refractivity contribution in [3.8, 4) is 0 Å². The maximum atomic E-state index is 13.2. The van der Waals surface area contributed by atoms with Gasteiger partial charge >= 0.3 is 5.97 Å². The SMILES string of the molecule is CC1(C)C[C@@H]2C[C@@](C)(CN2C(=O)COC(=O)c2c3c(nc4ccccc24)CCCC3)C1. The molecule has 2 aromatic rings. The van der Waals surface area contributed by atoms with Gasteiger partial charge in [-0.3, -0.25) is 9.78 Å². The van der Waals surface area contributed by atoms with Crippen LogP contribution in [0.5, 0.6) is 0 Å². The van der Waals surface area contributed by atoms with Crippen LogP contribution in [0.2, 0.25) is 0 Å². The zero-order valence-corrected chi connectivity index (χ0v) is 18.9. The van der Waals surface area contributed by atoms with Gasteiger partial charge in [-0.1, -0.05) is 39.0 Å². The van der Waals surface area contributed by atoms with Crippen LogP contribution in [-0.4, -0.2) is 41.0 Å². The smallest absolute Gasteiger partial charge is 0.339 e. The number of esters is 1. The number of carbonyl (C=O) groups is 2. The van der Waals surface area contributed by atoms with E-state index in [0.29, 0.717) is 5.56 Å². The molecule has 1 saturated heterocycles. The first kappa shape index (κ1) is 20.5. The van der Waals surface area contributed by atoms with E-state index in [-0.39, 0.29) is 35.4 Å². The molecular formula is C26H32N2O3. The monoisotopic (exact) mass is 420 g/mol. The van der Waals surface area contributed by atoms with Crippen molar-refractivity contribution in [1.29, 1.82) is 0 Å². The molecule has 2 fully saturated rings. The van der Waals surface area contributed by atoms with Gasteiger partial charge in [-0.05, 0) is 67.4 Å². The third-order valence-electron chi connectivity index (χ3n) is 7.44. The molecule has 2 heterocycles. The van der Waals surface area contributed by atoms with Crippen molar-refractivity contribution in [3.63, 3.8) is 0 Å². The molecule has 164 valence electrons. The number of hydrogen-bond donors (Lipinski definition) is 0. The molecule has 0 N–H and O–H groups in total. The van der Waals surface area contributed by atoms with Gasteiger partial charge in [-0.25, -0.2) is 4.79 Å². The van der Waals surface area contributed by atoms with Crippen LogP contribution in [0.25, 0.3) is 10.9 Å². The molecule has 2 aliphatic carbocycles. The number of carbonyl (C=O) groups excluding carboxylic acids is 2. The van der Waals surface area contributed by atoms with E-state index >= 15 is 0 Å². The van der Waals surface area contributed by atoms with Crippen molar-refractivity contribution in [3.05, 3.63) is 41.1 Å². The third-order valence-corrected chi connectivity index (χ3v) is 7.44. The summed E-state index contributed by atoms with van der Waals surface area (Å²) in [5, 5.41) is 0.826. The molecule has 2 bridgehead atoms. The van der Waals surface area contributed by atoms with Gasteiger partial charge in [0.25, 0.3) is 5.91 Å². The third kappa shape index (κ3) is 3.72. The summed E-state index contributed by atoms with van der Waals surface area (Å²) in [5.41, 5.74) is 3.87. The van der Waals surface area contributed by atoms with E-state index in [1.54, 1.807) is 0 Å². The Morgan fingerprint density at radius 3 is 2.74 bits per heavy atom. The Kier molecular flexibility index (Phi) is 4.83. The van der Waals surface area contributed by atoms with Crippen molar-refractivity contribution in [2.75, 3.05) is 13.2 Å². The number of hydrogen-bond acceptors (Lipinski definition) is 4. The second-order valence-electron chi connectivity index (χ2n) is 10.9. The Labute approximate surface area is 184 Å². The average molecular weight is 421 g/mol. The topological polar surface area (TPSA) is 59.5 Å². The molecule has 1 aromatic carbocycles. The highest BCUT2D eigenvalue weighted by Gasteiger charge is 2.51. The first-order chi connectivity index (χ1) is 14.7. The predicted octanol–water partition coefficient (Wildman–Crippen LogP) is 4.70. The van der Waals surface area contributed by atoms with Crippen LogP contribution in [0.15, 0.2) is 24.3 Å². The normalized spacial score (nSPS) is 26.5. The van der Waals surface area contributed by atoms with Crippen LogP contribution in [-0.2, 0) is 22.4 Å². The maximum Gasteiger partial charge on any atom is 0.339 e. The van der Waals surface area contributed by atoms with E-state index in [0.717, 1.165) is 73.7 Å². The molecule has 1 aliphatic heterocycles. The molecule has 1 aromatic heterocycles. The van der Waals surface area contributed by atoms with Gasteiger partial charge in [0.05, 0.1) is 11.1 Å². The number of rotatable bonds is 3. The molecule has 2 atom stereocenters. The molecule has 5 nitrogen and oxygen atoms in total. The molecule has 0 spiro atoms. The number of aromatic nitrogens is 1. The number of nitrogens with zero attached hydrogens (tertiary/aromatic N) is 2. The number of fused-ring (bicyclic) bond motifs is 4. The van der Waals surface area contributed by atoms with Gasteiger partial charge in [0.2, 0.25) is 0 Å². The number of pyridine rings is 1. The second kappa shape index (κ2) is 7.32. The summed E-state index contributed by atoms with van der Waals surface area (Å²) in [6, 6.07) is 8.00. The largest absolute Gasteiger partial charge is 0.452 e. The molecule has 5 heteroatoms. The van der Waals surface area contributed by atoms with E-state index in [2.05, 4.69) is 20.8 Å². The van der Waals surface area contributed by atoms with E-state index in [1.807, 2.05) is 29.2 Å². The summed E-state index contributed by atoms with van der Waals surface area (Å²) < 4.78 is 5.65. The fourth-order valence-electron chi connectivity index (χ4n) is 6.64. The minimum atomic E-state index is -0.390.